The van der Waals surface area contributed by atoms with Gasteiger partial charge in [0.05, 0.1) is 6.54 Å². The predicted molar refractivity (Wildman–Crippen MR) is 104 cm³/mol. The number of benzene rings is 2. The highest BCUT2D eigenvalue weighted by Gasteiger charge is 2.52. The van der Waals surface area contributed by atoms with Gasteiger partial charge in [-0.2, -0.15) is 5.01 Å². The minimum atomic E-state index is -1.16. The van der Waals surface area contributed by atoms with Crippen molar-refractivity contribution in [2.45, 2.75) is 25.3 Å². The molecule has 4 amide bonds. The monoisotopic (exact) mass is 378 g/mol. The van der Waals surface area contributed by atoms with Gasteiger partial charge in [-0.05, 0) is 30.0 Å². The fraction of sp³-hybridized carbons (Fsp3) is 0.286. The molecule has 4 rings (SSSR count). The Morgan fingerprint density at radius 3 is 2.57 bits per heavy atom. The van der Waals surface area contributed by atoms with Crippen molar-refractivity contribution in [2.75, 3.05) is 18.0 Å². The molecule has 0 spiro atoms. The van der Waals surface area contributed by atoms with Crippen LogP contribution in [-0.4, -0.2) is 35.9 Å². The summed E-state index contributed by atoms with van der Waals surface area (Å²) in [4.78, 5) is 40.0. The Kier molecular flexibility index (Phi) is 4.50. The van der Waals surface area contributed by atoms with Crippen LogP contribution in [0.4, 0.5) is 10.5 Å². The second-order valence-corrected chi connectivity index (χ2v) is 7.03. The summed E-state index contributed by atoms with van der Waals surface area (Å²) in [5, 5.41) is 3.56. The number of para-hydroxylation sites is 1. The number of rotatable bonds is 5. The molecule has 0 radical (unpaired) electrons. The lowest BCUT2D eigenvalue weighted by atomic mass is 9.87. The Morgan fingerprint density at radius 1 is 1.11 bits per heavy atom. The fourth-order valence-electron chi connectivity index (χ4n) is 3.94. The number of urea groups is 1. The Hall–Kier alpha value is -3.35. The number of carbonyl (C=O) groups excluding carboxylic acids is 3. The molecule has 0 bridgehead atoms. The molecule has 2 heterocycles. The van der Waals surface area contributed by atoms with Crippen molar-refractivity contribution >= 4 is 23.5 Å². The summed E-state index contributed by atoms with van der Waals surface area (Å²) in [5.41, 5.74) is 4.23. The summed E-state index contributed by atoms with van der Waals surface area (Å²) in [7, 11) is 0. The standard InChI is InChI=1S/C21H22N4O3/c1-2-21(16-9-4-3-5-10-16)19(27)25(20(28)22-21)23-18(26)14-24-13-12-15-8-6-7-11-17(15)24/h3-11H,2,12-14H2,1H3,(H,22,28)(H,23,26)/t21-/m1/s1. The average Bonchev–Trinajstić information content (AvgIpc) is 3.23. The number of hydrogen-bond donors (Lipinski definition) is 2. The van der Waals surface area contributed by atoms with Crippen molar-refractivity contribution in [3.8, 4) is 0 Å². The summed E-state index contributed by atoms with van der Waals surface area (Å²) >= 11 is 0. The zero-order chi connectivity index (χ0) is 19.7. The van der Waals surface area contributed by atoms with E-state index in [1.54, 1.807) is 12.1 Å². The molecule has 2 N–H and O–H groups in total. The molecule has 1 saturated heterocycles. The maximum atomic E-state index is 13.1. The van der Waals surface area contributed by atoms with Gasteiger partial charge in [0.1, 0.15) is 5.54 Å². The van der Waals surface area contributed by atoms with Crippen molar-refractivity contribution in [2.24, 2.45) is 0 Å². The zero-order valence-electron chi connectivity index (χ0n) is 15.6. The number of nitrogens with one attached hydrogen (secondary N) is 2. The van der Waals surface area contributed by atoms with E-state index in [1.165, 1.54) is 5.56 Å². The second kappa shape index (κ2) is 6.99. The average molecular weight is 378 g/mol. The molecular formula is C21H22N4O3. The van der Waals surface area contributed by atoms with Crippen LogP contribution in [-0.2, 0) is 21.5 Å². The normalized spacial score (nSPS) is 20.9. The summed E-state index contributed by atoms with van der Waals surface area (Å²) in [6.07, 6.45) is 1.26. The minimum absolute atomic E-state index is 0.0819. The third-order valence-electron chi connectivity index (χ3n) is 5.44. The van der Waals surface area contributed by atoms with E-state index in [4.69, 9.17) is 0 Å². The SMILES string of the molecule is CC[C@]1(c2ccccc2)NC(=O)N(NC(=O)CN2CCc3ccccc32)C1=O. The van der Waals surface area contributed by atoms with Gasteiger partial charge in [0.25, 0.3) is 11.8 Å². The summed E-state index contributed by atoms with van der Waals surface area (Å²) in [6.45, 7) is 2.64. The van der Waals surface area contributed by atoms with Crippen LogP contribution in [0.1, 0.15) is 24.5 Å². The zero-order valence-corrected chi connectivity index (χ0v) is 15.6. The van der Waals surface area contributed by atoms with E-state index in [1.807, 2.05) is 54.3 Å². The van der Waals surface area contributed by atoms with Crippen molar-refractivity contribution in [3.63, 3.8) is 0 Å². The van der Waals surface area contributed by atoms with E-state index in [-0.39, 0.29) is 6.54 Å². The van der Waals surface area contributed by atoms with Crippen LogP contribution in [0.25, 0.3) is 0 Å². The Morgan fingerprint density at radius 2 is 1.82 bits per heavy atom. The number of carbonyl (C=O) groups is 3. The Bertz CT molecular complexity index is 930. The van der Waals surface area contributed by atoms with Crippen molar-refractivity contribution < 1.29 is 14.4 Å². The number of fused-ring (bicyclic) bond motifs is 1. The molecule has 2 aliphatic rings. The maximum absolute atomic E-state index is 13.1. The van der Waals surface area contributed by atoms with Crippen LogP contribution in [0, 0.1) is 0 Å². The van der Waals surface area contributed by atoms with Gasteiger partial charge >= 0.3 is 6.03 Å². The van der Waals surface area contributed by atoms with Crippen molar-refractivity contribution in [1.29, 1.82) is 0 Å². The van der Waals surface area contributed by atoms with Gasteiger partial charge < -0.3 is 10.2 Å². The van der Waals surface area contributed by atoms with Gasteiger partial charge in [-0.3, -0.25) is 15.0 Å². The highest BCUT2D eigenvalue weighted by Crippen LogP contribution is 2.31. The van der Waals surface area contributed by atoms with Gasteiger partial charge in [0, 0.05) is 12.2 Å². The van der Waals surface area contributed by atoms with E-state index in [9.17, 15) is 14.4 Å². The van der Waals surface area contributed by atoms with Crippen LogP contribution in [0.3, 0.4) is 0 Å². The van der Waals surface area contributed by atoms with Gasteiger partial charge in [0.15, 0.2) is 0 Å². The molecule has 7 heteroatoms. The van der Waals surface area contributed by atoms with Crippen molar-refractivity contribution in [3.05, 3.63) is 65.7 Å². The Labute approximate surface area is 163 Å². The topological polar surface area (TPSA) is 81.8 Å². The molecule has 0 saturated carbocycles. The van der Waals surface area contributed by atoms with E-state index in [0.29, 0.717) is 12.0 Å². The Balaban J connectivity index is 1.49. The number of anilines is 1. The first kappa shape index (κ1) is 18.0. The fourth-order valence-corrected chi connectivity index (χ4v) is 3.94. The van der Waals surface area contributed by atoms with E-state index < -0.39 is 23.4 Å². The molecule has 0 unspecified atom stereocenters. The van der Waals surface area contributed by atoms with Crippen LogP contribution >= 0.6 is 0 Å². The number of amides is 4. The quantitative estimate of drug-likeness (QED) is 0.779. The summed E-state index contributed by atoms with van der Waals surface area (Å²) in [5.74, 6) is -0.874. The first-order chi connectivity index (χ1) is 13.5. The number of hydrazine groups is 1. The molecule has 0 aromatic heterocycles. The van der Waals surface area contributed by atoms with Crippen molar-refractivity contribution in [1.82, 2.24) is 15.8 Å². The lowest BCUT2D eigenvalue weighted by Crippen LogP contribution is -2.51. The molecule has 144 valence electrons. The van der Waals surface area contributed by atoms with Gasteiger partial charge in [-0.25, -0.2) is 4.79 Å². The maximum Gasteiger partial charge on any atom is 0.344 e. The largest absolute Gasteiger partial charge is 0.362 e. The predicted octanol–water partition coefficient (Wildman–Crippen LogP) is 1.94. The smallest absolute Gasteiger partial charge is 0.344 e. The molecule has 2 aromatic rings. The minimum Gasteiger partial charge on any atom is -0.362 e. The molecule has 1 atom stereocenters. The molecule has 0 aliphatic carbocycles. The van der Waals surface area contributed by atoms with Crippen LogP contribution < -0.4 is 15.6 Å². The third kappa shape index (κ3) is 2.89. The van der Waals surface area contributed by atoms with E-state index in [0.717, 1.165) is 23.7 Å². The molecule has 2 aliphatic heterocycles. The lowest BCUT2D eigenvalue weighted by Gasteiger charge is -2.26. The number of nitrogens with zero attached hydrogens (tertiary/aromatic N) is 2. The van der Waals surface area contributed by atoms with Gasteiger partial charge in [-0.15, -0.1) is 0 Å². The van der Waals surface area contributed by atoms with Crippen LogP contribution in [0.5, 0.6) is 0 Å². The van der Waals surface area contributed by atoms with E-state index in [2.05, 4.69) is 10.7 Å². The van der Waals surface area contributed by atoms with E-state index >= 15 is 0 Å². The highest BCUT2D eigenvalue weighted by molar-refractivity contribution is 6.08. The molecule has 2 aromatic carbocycles. The van der Waals surface area contributed by atoms with Gasteiger partial charge in [-0.1, -0.05) is 55.5 Å². The first-order valence-electron chi connectivity index (χ1n) is 9.40. The van der Waals surface area contributed by atoms with Gasteiger partial charge in [0.2, 0.25) is 0 Å². The number of hydrogen-bond acceptors (Lipinski definition) is 4. The summed E-state index contributed by atoms with van der Waals surface area (Å²) < 4.78 is 0. The highest BCUT2D eigenvalue weighted by atomic mass is 16.2. The number of imide groups is 1. The molecule has 1 fully saturated rings. The molecular weight excluding hydrogens is 356 g/mol. The van der Waals surface area contributed by atoms with Crippen LogP contribution in [0.2, 0.25) is 0 Å². The third-order valence-corrected chi connectivity index (χ3v) is 5.44. The summed E-state index contributed by atoms with van der Waals surface area (Å²) in [6, 6.07) is 16.4. The van der Waals surface area contributed by atoms with Crippen LogP contribution in [0.15, 0.2) is 54.6 Å². The molecule has 28 heavy (non-hydrogen) atoms. The molecule has 7 nitrogen and oxygen atoms in total. The first-order valence-corrected chi connectivity index (χ1v) is 9.40. The second-order valence-electron chi connectivity index (χ2n) is 7.03. The lowest BCUT2D eigenvalue weighted by molar-refractivity contribution is -0.139.